The Morgan fingerprint density at radius 1 is 1.35 bits per heavy atom. The van der Waals surface area contributed by atoms with Gasteiger partial charge >= 0.3 is 5.97 Å². The van der Waals surface area contributed by atoms with Crippen LogP contribution in [0.3, 0.4) is 0 Å². The van der Waals surface area contributed by atoms with Crippen LogP contribution in [0, 0.1) is 0 Å². The SMILES string of the molecule is Nc1ccc(C(=O)O)c(OCC(=O)NC2CCCC2)c1. The van der Waals surface area contributed by atoms with Gasteiger partial charge < -0.3 is 20.9 Å². The highest BCUT2D eigenvalue weighted by molar-refractivity contribution is 5.91. The van der Waals surface area contributed by atoms with Crippen molar-refractivity contribution >= 4 is 17.6 Å². The number of carboxylic acid groups (broad SMARTS) is 1. The van der Waals surface area contributed by atoms with Gasteiger partial charge in [-0.15, -0.1) is 0 Å². The number of ether oxygens (including phenoxy) is 1. The molecule has 2 rings (SSSR count). The van der Waals surface area contributed by atoms with E-state index >= 15 is 0 Å². The molecule has 0 bridgehead atoms. The van der Waals surface area contributed by atoms with E-state index in [2.05, 4.69) is 5.32 Å². The van der Waals surface area contributed by atoms with Crippen molar-refractivity contribution in [1.29, 1.82) is 0 Å². The Kier molecular flexibility index (Phi) is 4.45. The van der Waals surface area contributed by atoms with E-state index in [1.807, 2.05) is 0 Å². The van der Waals surface area contributed by atoms with Crippen molar-refractivity contribution in [2.45, 2.75) is 31.7 Å². The number of amides is 1. The zero-order valence-electron chi connectivity index (χ0n) is 11.1. The van der Waals surface area contributed by atoms with E-state index in [4.69, 9.17) is 15.6 Å². The molecule has 0 spiro atoms. The molecule has 0 saturated heterocycles. The molecule has 108 valence electrons. The van der Waals surface area contributed by atoms with Gasteiger partial charge in [0.05, 0.1) is 0 Å². The first-order chi connectivity index (χ1) is 9.56. The minimum Gasteiger partial charge on any atom is -0.483 e. The van der Waals surface area contributed by atoms with Gasteiger partial charge in [0.1, 0.15) is 11.3 Å². The average molecular weight is 278 g/mol. The van der Waals surface area contributed by atoms with Crippen LogP contribution in [-0.4, -0.2) is 29.6 Å². The Morgan fingerprint density at radius 3 is 2.70 bits per heavy atom. The molecule has 1 aliphatic carbocycles. The first kappa shape index (κ1) is 14.2. The molecule has 1 aliphatic rings. The zero-order chi connectivity index (χ0) is 14.5. The summed E-state index contributed by atoms with van der Waals surface area (Å²) in [6.45, 7) is -0.208. The van der Waals surface area contributed by atoms with Crippen LogP contribution in [0.15, 0.2) is 18.2 Å². The number of nitrogen functional groups attached to an aromatic ring is 1. The first-order valence-corrected chi connectivity index (χ1v) is 6.61. The summed E-state index contributed by atoms with van der Waals surface area (Å²) in [4.78, 5) is 22.8. The number of rotatable bonds is 5. The van der Waals surface area contributed by atoms with Crippen LogP contribution in [0.5, 0.6) is 5.75 Å². The Morgan fingerprint density at radius 2 is 2.05 bits per heavy atom. The highest BCUT2D eigenvalue weighted by atomic mass is 16.5. The highest BCUT2D eigenvalue weighted by Gasteiger charge is 2.18. The van der Waals surface area contributed by atoms with Crippen LogP contribution < -0.4 is 15.8 Å². The maximum absolute atomic E-state index is 11.7. The van der Waals surface area contributed by atoms with Gasteiger partial charge in [-0.25, -0.2) is 4.79 Å². The van der Waals surface area contributed by atoms with Gasteiger partial charge in [-0.2, -0.15) is 0 Å². The van der Waals surface area contributed by atoms with Gasteiger partial charge in [0.25, 0.3) is 5.91 Å². The summed E-state index contributed by atoms with van der Waals surface area (Å²) < 4.78 is 5.28. The van der Waals surface area contributed by atoms with Crippen molar-refractivity contribution in [3.05, 3.63) is 23.8 Å². The molecule has 6 heteroatoms. The third-order valence-corrected chi connectivity index (χ3v) is 3.32. The number of anilines is 1. The first-order valence-electron chi connectivity index (χ1n) is 6.61. The fraction of sp³-hybridized carbons (Fsp3) is 0.429. The number of hydrogen-bond donors (Lipinski definition) is 3. The van der Waals surface area contributed by atoms with Crippen LogP contribution in [0.4, 0.5) is 5.69 Å². The molecular weight excluding hydrogens is 260 g/mol. The predicted octanol–water partition coefficient (Wildman–Crippen LogP) is 1.40. The second kappa shape index (κ2) is 6.27. The van der Waals surface area contributed by atoms with E-state index in [0.29, 0.717) is 5.69 Å². The molecule has 0 unspecified atom stereocenters. The molecular formula is C14H18N2O4. The zero-order valence-corrected chi connectivity index (χ0v) is 11.1. The smallest absolute Gasteiger partial charge is 0.339 e. The standard InChI is InChI=1S/C14H18N2O4/c15-9-5-6-11(14(18)19)12(7-9)20-8-13(17)16-10-3-1-2-4-10/h5-7,10H,1-4,8,15H2,(H,16,17)(H,18,19). The average Bonchev–Trinajstić information content (AvgIpc) is 2.89. The lowest BCUT2D eigenvalue weighted by molar-refractivity contribution is -0.123. The van der Waals surface area contributed by atoms with E-state index in [1.54, 1.807) is 0 Å². The molecule has 1 fully saturated rings. The number of benzene rings is 1. The third-order valence-electron chi connectivity index (χ3n) is 3.32. The lowest BCUT2D eigenvalue weighted by atomic mass is 10.2. The van der Waals surface area contributed by atoms with Crippen LogP contribution >= 0.6 is 0 Å². The van der Waals surface area contributed by atoms with Gasteiger partial charge in [0.15, 0.2) is 6.61 Å². The number of hydrogen-bond acceptors (Lipinski definition) is 4. The summed E-state index contributed by atoms with van der Waals surface area (Å²) in [6.07, 6.45) is 4.24. The fourth-order valence-electron chi connectivity index (χ4n) is 2.32. The van der Waals surface area contributed by atoms with Gasteiger partial charge in [-0.3, -0.25) is 4.79 Å². The molecule has 6 nitrogen and oxygen atoms in total. The van der Waals surface area contributed by atoms with Crippen LogP contribution in [-0.2, 0) is 4.79 Å². The van der Waals surface area contributed by atoms with Crippen LogP contribution in [0.2, 0.25) is 0 Å². The molecule has 0 aromatic heterocycles. The monoisotopic (exact) mass is 278 g/mol. The summed E-state index contributed by atoms with van der Waals surface area (Å²) >= 11 is 0. The Balaban J connectivity index is 1.94. The summed E-state index contributed by atoms with van der Waals surface area (Å²) in [5, 5.41) is 11.9. The summed E-state index contributed by atoms with van der Waals surface area (Å²) in [5.74, 6) is -1.24. The summed E-state index contributed by atoms with van der Waals surface area (Å²) in [7, 11) is 0. The Hall–Kier alpha value is -2.24. The topological polar surface area (TPSA) is 102 Å². The van der Waals surface area contributed by atoms with Crippen molar-refractivity contribution in [1.82, 2.24) is 5.32 Å². The molecule has 1 saturated carbocycles. The summed E-state index contributed by atoms with van der Waals surface area (Å²) in [6, 6.07) is 4.47. The number of nitrogens with two attached hydrogens (primary N) is 1. The maximum atomic E-state index is 11.7. The van der Waals surface area contributed by atoms with Crippen molar-refractivity contribution in [2.75, 3.05) is 12.3 Å². The third kappa shape index (κ3) is 3.63. The summed E-state index contributed by atoms with van der Waals surface area (Å²) in [5.41, 5.74) is 5.98. The number of aromatic carboxylic acids is 1. The maximum Gasteiger partial charge on any atom is 0.339 e. The number of nitrogens with one attached hydrogen (secondary N) is 1. The Labute approximate surface area is 116 Å². The van der Waals surface area contributed by atoms with Crippen molar-refractivity contribution < 1.29 is 19.4 Å². The molecule has 0 radical (unpaired) electrons. The largest absolute Gasteiger partial charge is 0.483 e. The molecule has 1 amide bonds. The minimum absolute atomic E-state index is 0.00661. The second-order valence-corrected chi connectivity index (χ2v) is 4.90. The van der Waals surface area contributed by atoms with Crippen LogP contribution in [0.1, 0.15) is 36.0 Å². The second-order valence-electron chi connectivity index (χ2n) is 4.90. The quantitative estimate of drug-likeness (QED) is 0.707. The lowest BCUT2D eigenvalue weighted by Crippen LogP contribution is -2.36. The molecule has 1 aromatic carbocycles. The normalized spacial score (nSPS) is 15.0. The van der Waals surface area contributed by atoms with Crippen molar-refractivity contribution in [2.24, 2.45) is 0 Å². The number of carbonyl (C=O) groups is 2. The highest BCUT2D eigenvalue weighted by Crippen LogP contribution is 2.22. The van der Waals surface area contributed by atoms with E-state index < -0.39 is 5.97 Å². The van der Waals surface area contributed by atoms with Crippen molar-refractivity contribution in [3.8, 4) is 5.75 Å². The van der Waals surface area contributed by atoms with E-state index in [0.717, 1.165) is 25.7 Å². The molecule has 1 aromatic rings. The van der Waals surface area contributed by atoms with Gasteiger partial charge in [-0.05, 0) is 25.0 Å². The van der Waals surface area contributed by atoms with Gasteiger partial charge in [0.2, 0.25) is 0 Å². The molecule has 0 heterocycles. The number of carboxylic acids is 1. The molecule has 20 heavy (non-hydrogen) atoms. The Bertz CT molecular complexity index is 510. The van der Waals surface area contributed by atoms with Crippen molar-refractivity contribution in [3.63, 3.8) is 0 Å². The van der Waals surface area contributed by atoms with Gasteiger partial charge in [0, 0.05) is 17.8 Å². The van der Waals surface area contributed by atoms with E-state index in [9.17, 15) is 9.59 Å². The fourth-order valence-corrected chi connectivity index (χ4v) is 2.32. The lowest BCUT2D eigenvalue weighted by Gasteiger charge is -2.13. The van der Waals surface area contributed by atoms with E-state index in [1.165, 1.54) is 18.2 Å². The minimum atomic E-state index is -1.11. The molecule has 0 aliphatic heterocycles. The molecule has 0 atom stereocenters. The predicted molar refractivity (Wildman–Crippen MR) is 73.7 cm³/mol. The molecule has 4 N–H and O–H groups in total. The van der Waals surface area contributed by atoms with E-state index in [-0.39, 0.29) is 29.9 Å². The number of carbonyl (C=O) groups excluding carboxylic acids is 1. The van der Waals surface area contributed by atoms with Crippen LogP contribution in [0.25, 0.3) is 0 Å². The van der Waals surface area contributed by atoms with Gasteiger partial charge in [-0.1, -0.05) is 12.8 Å².